The third-order valence-corrected chi connectivity index (χ3v) is 4.22. The van der Waals surface area contributed by atoms with Crippen molar-refractivity contribution >= 4 is 17.4 Å². The lowest BCUT2D eigenvalue weighted by Gasteiger charge is -2.29. The van der Waals surface area contributed by atoms with Gasteiger partial charge in [-0.25, -0.2) is 0 Å². The predicted molar refractivity (Wildman–Crippen MR) is 79.1 cm³/mol. The molecule has 1 aromatic carbocycles. The molecule has 0 spiro atoms. The van der Waals surface area contributed by atoms with Crippen molar-refractivity contribution in [2.45, 2.75) is 45.1 Å². The molecular formula is C15H21ClN2O. The Morgan fingerprint density at radius 1 is 1.37 bits per heavy atom. The van der Waals surface area contributed by atoms with Crippen LogP contribution in [0, 0.1) is 11.3 Å². The zero-order valence-corrected chi connectivity index (χ0v) is 12.0. The standard InChI is InChI=1S/C15H21ClN2O/c1-2-10-6-8-11(9-7-10)19-13-5-3-4-12(16)14(13)15(17)18/h3-5,10-11H,2,6-9H2,1H3,(H3,17,18). The molecule has 19 heavy (non-hydrogen) atoms. The van der Waals surface area contributed by atoms with E-state index in [9.17, 15) is 0 Å². The number of nitrogen functional groups attached to an aromatic ring is 1. The molecule has 1 aliphatic carbocycles. The van der Waals surface area contributed by atoms with Gasteiger partial charge >= 0.3 is 0 Å². The van der Waals surface area contributed by atoms with Gasteiger partial charge in [0.05, 0.1) is 16.7 Å². The van der Waals surface area contributed by atoms with Crippen molar-refractivity contribution in [1.29, 1.82) is 5.41 Å². The summed E-state index contributed by atoms with van der Waals surface area (Å²) in [6.45, 7) is 2.25. The van der Waals surface area contributed by atoms with E-state index in [-0.39, 0.29) is 11.9 Å². The van der Waals surface area contributed by atoms with Gasteiger partial charge < -0.3 is 10.5 Å². The molecule has 0 amide bonds. The number of benzene rings is 1. The Balaban J connectivity index is 2.08. The maximum Gasteiger partial charge on any atom is 0.132 e. The van der Waals surface area contributed by atoms with E-state index in [0.29, 0.717) is 16.3 Å². The van der Waals surface area contributed by atoms with Crippen LogP contribution >= 0.6 is 11.6 Å². The number of halogens is 1. The number of hydrogen-bond acceptors (Lipinski definition) is 2. The van der Waals surface area contributed by atoms with Gasteiger partial charge in [-0.15, -0.1) is 0 Å². The van der Waals surface area contributed by atoms with E-state index in [1.807, 2.05) is 12.1 Å². The number of ether oxygens (including phenoxy) is 1. The highest BCUT2D eigenvalue weighted by Crippen LogP contribution is 2.32. The fraction of sp³-hybridized carbons (Fsp3) is 0.533. The first-order chi connectivity index (χ1) is 9.11. The summed E-state index contributed by atoms with van der Waals surface area (Å²) in [6, 6.07) is 5.41. The third-order valence-electron chi connectivity index (χ3n) is 3.91. The van der Waals surface area contributed by atoms with Gasteiger partial charge in [-0.2, -0.15) is 0 Å². The van der Waals surface area contributed by atoms with Crippen molar-refractivity contribution in [3.05, 3.63) is 28.8 Å². The lowest BCUT2D eigenvalue weighted by atomic mass is 9.86. The first-order valence-electron chi connectivity index (χ1n) is 6.91. The van der Waals surface area contributed by atoms with Gasteiger partial charge in [0, 0.05) is 0 Å². The van der Waals surface area contributed by atoms with Crippen molar-refractivity contribution < 1.29 is 4.74 Å². The first kappa shape index (κ1) is 14.2. The monoisotopic (exact) mass is 280 g/mol. The van der Waals surface area contributed by atoms with E-state index in [0.717, 1.165) is 18.8 Å². The maximum absolute atomic E-state index is 7.61. The molecule has 0 saturated heterocycles. The second kappa shape index (κ2) is 6.29. The van der Waals surface area contributed by atoms with Crippen LogP contribution in [0.1, 0.15) is 44.6 Å². The van der Waals surface area contributed by atoms with Crippen LogP contribution < -0.4 is 10.5 Å². The summed E-state index contributed by atoms with van der Waals surface area (Å²) >= 11 is 6.09. The smallest absolute Gasteiger partial charge is 0.132 e. The fourth-order valence-corrected chi connectivity index (χ4v) is 2.97. The van der Waals surface area contributed by atoms with Gasteiger partial charge in [-0.1, -0.05) is 31.0 Å². The Morgan fingerprint density at radius 2 is 2.05 bits per heavy atom. The number of hydrogen-bond donors (Lipinski definition) is 2. The number of nitrogens with two attached hydrogens (primary N) is 1. The molecule has 4 heteroatoms. The number of nitrogens with one attached hydrogen (secondary N) is 1. The molecule has 3 N–H and O–H groups in total. The molecule has 3 nitrogen and oxygen atoms in total. The fourth-order valence-electron chi connectivity index (χ4n) is 2.70. The summed E-state index contributed by atoms with van der Waals surface area (Å²) in [5.41, 5.74) is 6.10. The molecule has 0 unspecified atom stereocenters. The molecular weight excluding hydrogens is 260 g/mol. The molecule has 0 aliphatic heterocycles. The molecule has 0 radical (unpaired) electrons. The lowest BCUT2D eigenvalue weighted by molar-refractivity contribution is 0.129. The van der Waals surface area contributed by atoms with Gasteiger partial charge in [0.15, 0.2) is 0 Å². The summed E-state index contributed by atoms with van der Waals surface area (Å²) < 4.78 is 6.02. The summed E-state index contributed by atoms with van der Waals surface area (Å²) in [5, 5.41) is 8.09. The van der Waals surface area contributed by atoms with Gasteiger partial charge in [-0.3, -0.25) is 5.41 Å². The van der Waals surface area contributed by atoms with Crippen molar-refractivity contribution in [1.82, 2.24) is 0 Å². The SMILES string of the molecule is CCC1CCC(Oc2cccc(Cl)c2C(=N)N)CC1. The van der Waals surface area contributed by atoms with Crippen molar-refractivity contribution in [3.8, 4) is 5.75 Å². The second-order valence-corrected chi connectivity index (χ2v) is 5.60. The van der Waals surface area contributed by atoms with Crippen LogP contribution in [0.5, 0.6) is 5.75 Å². The molecule has 2 rings (SSSR count). The summed E-state index contributed by atoms with van der Waals surface area (Å²) in [7, 11) is 0. The van der Waals surface area contributed by atoms with E-state index >= 15 is 0 Å². The van der Waals surface area contributed by atoms with Crippen LogP contribution in [-0.4, -0.2) is 11.9 Å². The highest BCUT2D eigenvalue weighted by molar-refractivity contribution is 6.34. The molecule has 0 aromatic heterocycles. The maximum atomic E-state index is 7.61. The van der Waals surface area contributed by atoms with Crippen LogP contribution in [0.15, 0.2) is 18.2 Å². The topological polar surface area (TPSA) is 59.1 Å². The minimum absolute atomic E-state index is 0.0390. The predicted octanol–water partition coefficient (Wildman–Crippen LogP) is 3.97. The van der Waals surface area contributed by atoms with Crippen LogP contribution in [0.3, 0.4) is 0 Å². The highest BCUT2D eigenvalue weighted by atomic mass is 35.5. The minimum Gasteiger partial charge on any atom is -0.490 e. The van der Waals surface area contributed by atoms with Crippen LogP contribution in [-0.2, 0) is 0 Å². The molecule has 0 heterocycles. The molecule has 0 bridgehead atoms. The second-order valence-electron chi connectivity index (χ2n) is 5.20. The number of rotatable bonds is 4. The van der Waals surface area contributed by atoms with E-state index in [4.69, 9.17) is 27.5 Å². The van der Waals surface area contributed by atoms with Gasteiger partial charge in [0.1, 0.15) is 11.6 Å². The van der Waals surface area contributed by atoms with Crippen molar-refractivity contribution in [2.24, 2.45) is 11.7 Å². The minimum atomic E-state index is -0.0390. The average molecular weight is 281 g/mol. The molecule has 1 aromatic rings. The van der Waals surface area contributed by atoms with Crippen LogP contribution in [0.4, 0.5) is 0 Å². The van der Waals surface area contributed by atoms with Crippen molar-refractivity contribution in [2.75, 3.05) is 0 Å². The Hall–Kier alpha value is -1.22. The van der Waals surface area contributed by atoms with Crippen molar-refractivity contribution in [3.63, 3.8) is 0 Å². The van der Waals surface area contributed by atoms with E-state index in [2.05, 4.69) is 6.92 Å². The van der Waals surface area contributed by atoms with E-state index in [1.54, 1.807) is 6.07 Å². The van der Waals surface area contributed by atoms with Gasteiger partial charge in [-0.05, 0) is 43.7 Å². The normalized spacial score (nSPS) is 23.1. The molecule has 1 aliphatic rings. The molecule has 104 valence electrons. The zero-order chi connectivity index (χ0) is 13.8. The molecule has 1 saturated carbocycles. The number of amidine groups is 1. The van der Waals surface area contributed by atoms with E-state index < -0.39 is 0 Å². The molecule has 0 atom stereocenters. The summed E-state index contributed by atoms with van der Waals surface area (Å²) in [5.74, 6) is 1.44. The lowest BCUT2D eigenvalue weighted by Crippen LogP contribution is -2.25. The Bertz CT molecular complexity index is 453. The largest absolute Gasteiger partial charge is 0.490 e. The highest BCUT2D eigenvalue weighted by Gasteiger charge is 2.22. The first-order valence-corrected chi connectivity index (χ1v) is 7.29. The van der Waals surface area contributed by atoms with Gasteiger partial charge in [0.25, 0.3) is 0 Å². The summed E-state index contributed by atoms with van der Waals surface area (Å²) in [4.78, 5) is 0. The van der Waals surface area contributed by atoms with E-state index in [1.165, 1.54) is 19.3 Å². The Kier molecular flexibility index (Phi) is 4.70. The van der Waals surface area contributed by atoms with Crippen LogP contribution in [0.25, 0.3) is 0 Å². The average Bonchev–Trinajstić information content (AvgIpc) is 2.39. The third kappa shape index (κ3) is 3.41. The molecule has 1 fully saturated rings. The quantitative estimate of drug-likeness (QED) is 0.647. The summed E-state index contributed by atoms with van der Waals surface area (Å²) in [6.07, 6.45) is 6.06. The van der Waals surface area contributed by atoms with Gasteiger partial charge in [0.2, 0.25) is 0 Å². The Morgan fingerprint density at radius 3 is 2.63 bits per heavy atom. The van der Waals surface area contributed by atoms with Crippen LogP contribution in [0.2, 0.25) is 5.02 Å². The Labute approximate surface area is 119 Å². The zero-order valence-electron chi connectivity index (χ0n) is 11.3.